The van der Waals surface area contributed by atoms with Crippen LogP contribution in [0.2, 0.25) is 0 Å². The third-order valence-corrected chi connectivity index (χ3v) is 10.1. The second kappa shape index (κ2) is 13.0. The van der Waals surface area contributed by atoms with Gasteiger partial charge in [-0.1, -0.05) is 24.3 Å². The van der Waals surface area contributed by atoms with Crippen LogP contribution in [-0.4, -0.2) is 48.0 Å². The Labute approximate surface area is 266 Å². The maximum atomic E-state index is 13.5. The molecule has 3 atom stereocenters. The molecule has 11 heteroatoms. The van der Waals surface area contributed by atoms with E-state index in [1.807, 2.05) is 12.1 Å². The second-order valence-electron chi connectivity index (χ2n) is 13.1. The summed E-state index contributed by atoms with van der Waals surface area (Å²) in [5.74, 6) is 0.355. The number of esters is 1. The molecular formula is C35H40N4O7. The molecule has 3 aromatic rings. The third kappa shape index (κ3) is 6.36. The fraction of sp³-hybridized carbons (Fsp3) is 0.457. The molecule has 0 aliphatic heterocycles. The molecule has 11 nitrogen and oxygen atoms in total. The van der Waals surface area contributed by atoms with E-state index in [1.165, 1.54) is 62.1 Å². The highest BCUT2D eigenvalue weighted by Gasteiger charge is 2.57. The number of amides is 3. The van der Waals surface area contributed by atoms with E-state index in [-0.39, 0.29) is 42.2 Å². The van der Waals surface area contributed by atoms with Crippen molar-refractivity contribution in [3.8, 4) is 0 Å². The monoisotopic (exact) mass is 628 g/mol. The van der Waals surface area contributed by atoms with Crippen molar-refractivity contribution in [2.24, 2.45) is 23.2 Å². The summed E-state index contributed by atoms with van der Waals surface area (Å²) in [5, 5.41) is 9.23. The van der Waals surface area contributed by atoms with Crippen molar-refractivity contribution in [1.82, 2.24) is 15.2 Å². The van der Waals surface area contributed by atoms with Crippen LogP contribution in [0.25, 0.3) is 11.0 Å². The number of rotatable bonds is 12. The Morgan fingerprint density at radius 2 is 1.85 bits per heavy atom. The maximum absolute atomic E-state index is 13.5. The van der Waals surface area contributed by atoms with E-state index in [4.69, 9.17) is 4.42 Å². The zero-order valence-corrected chi connectivity index (χ0v) is 26.2. The van der Waals surface area contributed by atoms with E-state index in [2.05, 4.69) is 20.7 Å². The Kier molecular flexibility index (Phi) is 8.84. The predicted molar refractivity (Wildman–Crippen MR) is 171 cm³/mol. The van der Waals surface area contributed by atoms with E-state index >= 15 is 0 Å². The number of nitrogens with zero attached hydrogens (tertiary/aromatic N) is 1. The number of hydrogen-bond acceptors (Lipinski definition) is 7. The largest absolute Gasteiger partial charge is 0.466 e. The van der Waals surface area contributed by atoms with Gasteiger partial charge in [-0.15, -0.1) is 0 Å². The second-order valence-corrected chi connectivity index (χ2v) is 13.1. The van der Waals surface area contributed by atoms with E-state index in [0.717, 1.165) is 17.2 Å². The molecule has 4 fully saturated rings. The molecule has 2 unspecified atom stereocenters. The van der Waals surface area contributed by atoms with Crippen molar-refractivity contribution >= 4 is 40.3 Å². The number of hydrogen-bond donors (Lipinski definition) is 3. The van der Waals surface area contributed by atoms with E-state index < -0.39 is 29.4 Å². The topological polar surface area (TPSA) is 149 Å². The minimum atomic E-state index is -1.07. The summed E-state index contributed by atoms with van der Waals surface area (Å²) in [6, 6.07) is 9.21. The van der Waals surface area contributed by atoms with Crippen LogP contribution < -0.4 is 21.5 Å². The lowest BCUT2D eigenvalue weighted by Gasteiger charge is -2.33. The number of carbonyl (C=O) groups excluding carboxylic acids is 4. The minimum absolute atomic E-state index is 0.0186. The van der Waals surface area contributed by atoms with Crippen LogP contribution in [0.5, 0.6) is 0 Å². The van der Waals surface area contributed by atoms with Gasteiger partial charge >= 0.3 is 5.97 Å². The van der Waals surface area contributed by atoms with Gasteiger partial charge in [-0.25, -0.2) is 4.79 Å². The number of pyridine rings is 1. The van der Waals surface area contributed by atoms with Crippen LogP contribution >= 0.6 is 0 Å². The van der Waals surface area contributed by atoms with Crippen molar-refractivity contribution in [2.45, 2.75) is 64.5 Å². The Morgan fingerprint density at radius 3 is 2.59 bits per heavy atom. The number of methoxy groups -OCH3 is 1. The fourth-order valence-electron chi connectivity index (χ4n) is 8.11. The molecule has 4 saturated carbocycles. The van der Waals surface area contributed by atoms with E-state index in [1.54, 1.807) is 31.2 Å². The highest BCUT2D eigenvalue weighted by atomic mass is 16.5. The molecule has 4 bridgehead atoms. The number of carbonyl (C=O) groups is 4. The summed E-state index contributed by atoms with van der Waals surface area (Å²) in [5.41, 5.74) is 0.832. The quantitative estimate of drug-likeness (QED) is 0.202. The smallest absolute Gasteiger partial charge is 0.330 e. The van der Waals surface area contributed by atoms with Gasteiger partial charge in [0, 0.05) is 29.8 Å². The van der Waals surface area contributed by atoms with E-state index in [0.29, 0.717) is 23.6 Å². The molecule has 242 valence electrons. The standard InChI is InChI=1S/C35H40N4O7/c1-21-25-8-3-5-11-28(25)46-31(21)33(43)37-26(9-4-6-12-30(41)45-2)32(42)38-27-10-7-13-39(34(27)44)19-29(40)36-20-35-17-22-14-23(18-35)16-24(35)15-22/h3,5-8,10-13,22-24,26H,4,9,14-20H2,1-2H3,(H,36,40)(H,37,43)(H,38,42)/b12-6+/t22?,23?,24?,26-,35?/m0/s1. The molecule has 3 N–H and O–H groups in total. The number of aromatic nitrogens is 1. The van der Waals surface area contributed by atoms with Gasteiger partial charge in [0.1, 0.15) is 23.9 Å². The summed E-state index contributed by atoms with van der Waals surface area (Å²) in [7, 11) is 1.26. The molecular weight excluding hydrogens is 588 g/mol. The summed E-state index contributed by atoms with van der Waals surface area (Å²) in [6.45, 7) is 2.24. The first kappa shape index (κ1) is 31.3. The van der Waals surface area contributed by atoms with Crippen molar-refractivity contribution in [3.05, 3.63) is 76.4 Å². The molecule has 3 amide bonds. The Morgan fingerprint density at radius 1 is 1.09 bits per heavy atom. The average Bonchev–Trinajstić information content (AvgIpc) is 3.60. The summed E-state index contributed by atoms with van der Waals surface area (Å²) >= 11 is 0. The number of anilines is 1. The Hall–Kier alpha value is -4.67. The van der Waals surface area contributed by atoms with Crippen LogP contribution in [0.3, 0.4) is 0 Å². The molecule has 46 heavy (non-hydrogen) atoms. The molecule has 2 aromatic heterocycles. The van der Waals surface area contributed by atoms with Gasteiger partial charge in [-0.3, -0.25) is 19.2 Å². The summed E-state index contributed by atoms with van der Waals surface area (Å²) in [4.78, 5) is 64.5. The van der Waals surface area contributed by atoms with E-state index in [9.17, 15) is 24.0 Å². The van der Waals surface area contributed by atoms with Gasteiger partial charge in [0.2, 0.25) is 11.8 Å². The van der Waals surface area contributed by atoms with Crippen molar-refractivity contribution in [3.63, 3.8) is 0 Å². The number of para-hydroxylation sites is 1. The lowest BCUT2D eigenvalue weighted by molar-refractivity contribution is -0.134. The van der Waals surface area contributed by atoms with Crippen LogP contribution in [-0.2, 0) is 25.7 Å². The zero-order chi connectivity index (χ0) is 32.4. The van der Waals surface area contributed by atoms with Crippen molar-refractivity contribution < 1.29 is 28.3 Å². The number of benzene rings is 1. The maximum Gasteiger partial charge on any atom is 0.330 e. The zero-order valence-electron chi connectivity index (χ0n) is 26.2. The first-order valence-electron chi connectivity index (χ1n) is 16.0. The number of allylic oxidation sites excluding steroid dienone is 1. The van der Waals surface area contributed by atoms with Gasteiger partial charge in [0.25, 0.3) is 11.5 Å². The van der Waals surface area contributed by atoms with Gasteiger partial charge in [-0.05, 0) is 93.2 Å². The molecule has 0 radical (unpaired) electrons. The minimum Gasteiger partial charge on any atom is -0.466 e. The van der Waals surface area contributed by atoms with Crippen LogP contribution in [0.15, 0.2) is 64.0 Å². The molecule has 0 spiro atoms. The van der Waals surface area contributed by atoms with Gasteiger partial charge in [0.15, 0.2) is 5.76 Å². The molecule has 2 heterocycles. The average molecular weight is 629 g/mol. The first-order chi connectivity index (χ1) is 22.2. The van der Waals surface area contributed by atoms with Crippen LogP contribution in [0, 0.1) is 30.1 Å². The Bertz CT molecular complexity index is 1740. The van der Waals surface area contributed by atoms with Gasteiger partial charge < -0.3 is 29.7 Å². The molecule has 7 rings (SSSR count). The molecule has 4 aliphatic carbocycles. The highest BCUT2D eigenvalue weighted by molar-refractivity contribution is 6.03. The third-order valence-electron chi connectivity index (χ3n) is 10.1. The lowest BCUT2D eigenvalue weighted by atomic mass is 9.75. The predicted octanol–water partition coefficient (Wildman–Crippen LogP) is 4.09. The lowest BCUT2D eigenvalue weighted by Crippen LogP contribution is -2.45. The molecule has 0 saturated heterocycles. The number of fused-ring (bicyclic) bond motifs is 1. The highest BCUT2D eigenvalue weighted by Crippen LogP contribution is 2.65. The molecule has 1 aromatic carbocycles. The molecule has 4 aliphatic rings. The fourth-order valence-corrected chi connectivity index (χ4v) is 8.11. The SMILES string of the molecule is COC(=O)/C=C/CC[C@H](NC(=O)c1oc2ccccc2c1C)C(=O)Nc1cccn(CC(=O)NCC23CC4CC(CC2C4)C3)c1=O. The van der Waals surface area contributed by atoms with Crippen LogP contribution in [0.1, 0.15) is 61.1 Å². The Balaban J connectivity index is 1.12. The number of aryl methyl sites for hydroxylation is 1. The van der Waals surface area contributed by atoms with Crippen molar-refractivity contribution in [2.75, 3.05) is 19.0 Å². The number of ether oxygens (including phenoxy) is 1. The normalized spacial score (nSPS) is 23.5. The van der Waals surface area contributed by atoms with Gasteiger partial charge in [0.05, 0.1) is 7.11 Å². The summed E-state index contributed by atoms with van der Waals surface area (Å²) < 4.78 is 11.7. The van der Waals surface area contributed by atoms with Crippen LogP contribution in [0.4, 0.5) is 5.69 Å². The number of furan rings is 1. The number of nitrogens with one attached hydrogen (secondary N) is 3. The summed E-state index contributed by atoms with van der Waals surface area (Å²) in [6.07, 6.45) is 10.9. The van der Waals surface area contributed by atoms with Crippen molar-refractivity contribution in [1.29, 1.82) is 0 Å². The first-order valence-corrected chi connectivity index (χ1v) is 16.0. The van der Waals surface area contributed by atoms with Gasteiger partial charge in [-0.2, -0.15) is 0 Å².